The van der Waals surface area contributed by atoms with Crippen LogP contribution in [0.3, 0.4) is 0 Å². The van der Waals surface area contributed by atoms with E-state index < -0.39 is 0 Å². The van der Waals surface area contributed by atoms with Crippen molar-refractivity contribution < 1.29 is 14.3 Å². The average molecular weight is 412 g/mol. The van der Waals surface area contributed by atoms with Crippen molar-refractivity contribution in [1.29, 1.82) is 0 Å². The Bertz CT molecular complexity index is 1210. The number of carbonyl (C=O) groups is 1. The van der Waals surface area contributed by atoms with Crippen LogP contribution >= 0.6 is 0 Å². The van der Waals surface area contributed by atoms with Crippen molar-refractivity contribution in [2.45, 2.75) is 6.42 Å². The molecule has 4 rings (SSSR count). The van der Waals surface area contributed by atoms with Gasteiger partial charge < -0.3 is 14.8 Å². The number of para-hydroxylation sites is 1. The van der Waals surface area contributed by atoms with Crippen LogP contribution < -0.4 is 14.8 Å². The van der Waals surface area contributed by atoms with Gasteiger partial charge in [-0.05, 0) is 36.2 Å². The van der Waals surface area contributed by atoms with Crippen LogP contribution in [0.1, 0.15) is 15.9 Å². The number of pyridine rings is 1. The molecule has 0 atom stereocenters. The Hall–Kier alpha value is -3.86. The number of ether oxygens (including phenoxy) is 2. The highest BCUT2D eigenvalue weighted by molar-refractivity contribution is 6.07. The zero-order chi connectivity index (χ0) is 21.6. The maximum atomic E-state index is 13.1. The van der Waals surface area contributed by atoms with Crippen LogP contribution in [-0.2, 0) is 6.42 Å². The van der Waals surface area contributed by atoms with Crippen molar-refractivity contribution in [2.75, 3.05) is 20.8 Å². The molecule has 0 fully saturated rings. The van der Waals surface area contributed by atoms with Gasteiger partial charge in [0.05, 0.1) is 31.0 Å². The molecule has 0 aliphatic carbocycles. The highest BCUT2D eigenvalue weighted by Gasteiger charge is 2.14. The van der Waals surface area contributed by atoms with E-state index in [0.29, 0.717) is 30.0 Å². The zero-order valence-corrected chi connectivity index (χ0v) is 17.6. The summed E-state index contributed by atoms with van der Waals surface area (Å²) in [5.41, 5.74) is 4.24. The third kappa shape index (κ3) is 4.51. The molecule has 0 aliphatic heterocycles. The molecule has 1 N–H and O–H groups in total. The van der Waals surface area contributed by atoms with Gasteiger partial charge in [0.2, 0.25) is 0 Å². The largest absolute Gasteiger partial charge is 0.493 e. The quantitative estimate of drug-likeness (QED) is 0.469. The van der Waals surface area contributed by atoms with Crippen LogP contribution in [0.2, 0.25) is 0 Å². The number of hydrogen-bond acceptors (Lipinski definition) is 4. The first-order chi connectivity index (χ1) is 15.2. The SMILES string of the molecule is COc1ccc(CCNC(=O)c2cc(-c3ccccc3)nc3ccccc23)cc1OC. The molecule has 5 nitrogen and oxygen atoms in total. The summed E-state index contributed by atoms with van der Waals surface area (Å²) in [6, 6.07) is 25.3. The molecule has 1 aromatic heterocycles. The van der Waals surface area contributed by atoms with E-state index in [2.05, 4.69) is 5.32 Å². The monoisotopic (exact) mass is 412 g/mol. The number of nitrogens with one attached hydrogen (secondary N) is 1. The van der Waals surface area contributed by atoms with Crippen molar-refractivity contribution in [3.05, 3.63) is 90.0 Å². The summed E-state index contributed by atoms with van der Waals surface area (Å²) in [5.74, 6) is 1.25. The van der Waals surface area contributed by atoms with Gasteiger partial charge in [-0.1, -0.05) is 54.6 Å². The minimum atomic E-state index is -0.115. The van der Waals surface area contributed by atoms with Gasteiger partial charge in [-0.25, -0.2) is 4.98 Å². The van der Waals surface area contributed by atoms with Crippen LogP contribution in [0, 0.1) is 0 Å². The number of aromatic nitrogens is 1. The van der Waals surface area contributed by atoms with Crippen LogP contribution in [0.15, 0.2) is 78.9 Å². The summed E-state index contributed by atoms with van der Waals surface area (Å²) in [5, 5.41) is 3.88. The number of carbonyl (C=O) groups excluding carboxylic acids is 1. The fraction of sp³-hybridized carbons (Fsp3) is 0.154. The molecule has 31 heavy (non-hydrogen) atoms. The number of rotatable bonds is 7. The van der Waals surface area contributed by atoms with Crippen LogP contribution in [0.4, 0.5) is 0 Å². The Balaban J connectivity index is 1.55. The Morgan fingerprint density at radius 3 is 2.39 bits per heavy atom. The molecule has 4 aromatic rings. The minimum absolute atomic E-state index is 0.115. The number of fused-ring (bicyclic) bond motifs is 1. The second-order valence-electron chi connectivity index (χ2n) is 7.13. The summed E-state index contributed by atoms with van der Waals surface area (Å²) >= 11 is 0. The Morgan fingerprint density at radius 1 is 0.871 bits per heavy atom. The van der Waals surface area contributed by atoms with Crippen LogP contribution in [0.25, 0.3) is 22.2 Å². The van der Waals surface area contributed by atoms with Gasteiger partial charge >= 0.3 is 0 Å². The van der Waals surface area contributed by atoms with E-state index in [9.17, 15) is 4.79 Å². The third-order valence-corrected chi connectivity index (χ3v) is 5.18. The first-order valence-corrected chi connectivity index (χ1v) is 10.1. The molecule has 0 spiro atoms. The van der Waals surface area contributed by atoms with Crippen LogP contribution in [-0.4, -0.2) is 31.7 Å². The zero-order valence-electron chi connectivity index (χ0n) is 17.6. The highest BCUT2D eigenvalue weighted by atomic mass is 16.5. The summed E-state index contributed by atoms with van der Waals surface area (Å²) in [6.45, 7) is 0.506. The normalized spacial score (nSPS) is 10.6. The molecule has 0 bridgehead atoms. The fourth-order valence-electron chi connectivity index (χ4n) is 3.57. The lowest BCUT2D eigenvalue weighted by atomic mass is 10.0. The van der Waals surface area contributed by atoms with Crippen molar-refractivity contribution in [3.8, 4) is 22.8 Å². The Labute approximate surface area is 181 Å². The van der Waals surface area contributed by atoms with E-state index in [0.717, 1.165) is 27.7 Å². The number of hydrogen-bond donors (Lipinski definition) is 1. The summed E-state index contributed by atoms with van der Waals surface area (Å²) in [7, 11) is 3.22. The van der Waals surface area contributed by atoms with E-state index in [-0.39, 0.29) is 5.91 Å². The van der Waals surface area contributed by atoms with Gasteiger partial charge in [0.25, 0.3) is 5.91 Å². The van der Waals surface area contributed by atoms with Crippen molar-refractivity contribution in [3.63, 3.8) is 0 Å². The van der Waals surface area contributed by atoms with Crippen molar-refractivity contribution in [2.24, 2.45) is 0 Å². The first-order valence-electron chi connectivity index (χ1n) is 10.1. The van der Waals surface area contributed by atoms with Crippen molar-refractivity contribution >= 4 is 16.8 Å². The number of methoxy groups -OCH3 is 2. The summed E-state index contributed by atoms with van der Waals surface area (Å²) < 4.78 is 10.6. The average Bonchev–Trinajstić information content (AvgIpc) is 2.83. The molecule has 156 valence electrons. The number of nitrogens with zero attached hydrogens (tertiary/aromatic N) is 1. The molecule has 5 heteroatoms. The third-order valence-electron chi connectivity index (χ3n) is 5.18. The smallest absolute Gasteiger partial charge is 0.252 e. The molecule has 1 heterocycles. The molecule has 0 saturated heterocycles. The van der Waals surface area contributed by atoms with Gasteiger partial charge in [-0.3, -0.25) is 4.79 Å². The standard InChI is InChI=1S/C26H24N2O3/c1-30-24-13-12-18(16-25(24)31-2)14-15-27-26(29)21-17-23(19-8-4-3-5-9-19)28-22-11-7-6-10-20(21)22/h3-13,16-17H,14-15H2,1-2H3,(H,27,29). The molecule has 1 amide bonds. The number of amides is 1. The lowest BCUT2D eigenvalue weighted by Crippen LogP contribution is -2.26. The fourth-order valence-corrected chi connectivity index (χ4v) is 3.57. The molecule has 0 radical (unpaired) electrons. The van der Waals surface area contributed by atoms with Gasteiger partial charge in [-0.2, -0.15) is 0 Å². The molecular formula is C26H24N2O3. The van der Waals surface area contributed by atoms with Gasteiger partial charge in [0, 0.05) is 17.5 Å². The van der Waals surface area contributed by atoms with Gasteiger partial charge in [0.15, 0.2) is 11.5 Å². The molecular weight excluding hydrogens is 388 g/mol. The molecule has 0 unspecified atom stereocenters. The second-order valence-corrected chi connectivity index (χ2v) is 7.13. The van der Waals surface area contributed by atoms with E-state index in [4.69, 9.17) is 14.5 Å². The summed E-state index contributed by atoms with van der Waals surface area (Å²) in [4.78, 5) is 17.8. The lowest BCUT2D eigenvalue weighted by molar-refractivity contribution is 0.0955. The maximum Gasteiger partial charge on any atom is 0.252 e. The van der Waals surface area contributed by atoms with E-state index >= 15 is 0 Å². The van der Waals surface area contributed by atoms with Crippen LogP contribution in [0.5, 0.6) is 11.5 Å². The predicted octanol–water partition coefficient (Wildman–Crippen LogP) is 4.89. The van der Waals surface area contributed by atoms with Crippen molar-refractivity contribution in [1.82, 2.24) is 10.3 Å². The summed E-state index contributed by atoms with van der Waals surface area (Å²) in [6.07, 6.45) is 0.681. The Kier molecular flexibility index (Phi) is 6.13. The van der Waals surface area contributed by atoms with E-state index in [1.807, 2.05) is 78.9 Å². The van der Waals surface area contributed by atoms with Gasteiger partial charge in [-0.15, -0.1) is 0 Å². The Morgan fingerprint density at radius 2 is 1.61 bits per heavy atom. The molecule has 3 aromatic carbocycles. The van der Waals surface area contributed by atoms with E-state index in [1.54, 1.807) is 14.2 Å². The molecule has 0 saturated carbocycles. The van der Waals surface area contributed by atoms with Gasteiger partial charge in [0.1, 0.15) is 0 Å². The minimum Gasteiger partial charge on any atom is -0.493 e. The second kappa shape index (κ2) is 9.30. The maximum absolute atomic E-state index is 13.1. The number of benzene rings is 3. The topological polar surface area (TPSA) is 60.5 Å². The predicted molar refractivity (Wildman–Crippen MR) is 123 cm³/mol. The van der Waals surface area contributed by atoms with E-state index in [1.165, 1.54) is 0 Å². The first kappa shape index (κ1) is 20.4. The highest BCUT2D eigenvalue weighted by Crippen LogP contribution is 2.28. The molecule has 0 aliphatic rings. The lowest BCUT2D eigenvalue weighted by Gasteiger charge is -2.12.